The van der Waals surface area contributed by atoms with E-state index in [9.17, 15) is 0 Å². The van der Waals surface area contributed by atoms with Gasteiger partial charge in [-0.2, -0.15) is 0 Å². The molecule has 3 heterocycles. The summed E-state index contributed by atoms with van der Waals surface area (Å²) in [7, 11) is 2.11. The quantitative estimate of drug-likeness (QED) is 0.608. The topological polar surface area (TPSA) is 34.2 Å². The second-order valence-electron chi connectivity index (χ2n) is 11.0. The maximum Gasteiger partial charge on any atom is 0.0914 e. The monoisotopic (exact) mass is 428 g/mol. The van der Waals surface area contributed by atoms with Gasteiger partial charge in [-0.25, -0.2) is 0 Å². The minimum Gasteiger partial charge on any atom is -0.367 e. The lowest BCUT2D eigenvalue weighted by Crippen LogP contribution is -2.45. The average molecular weight is 429 g/mol. The molecule has 6 rings (SSSR count). The highest BCUT2D eigenvalue weighted by molar-refractivity contribution is 5.82. The Morgan fingerprint density at radius 3 is 2.94 bits per heavy atom. The fraction of sp³-hybridized carbons (Fsp3) is 0.552. The molecule has 2 aliphatic carbocycles. The zero-order valence-electron chi connectivity index (χ0n) is 19.5. The van der Waals surface area contributed by atoms with Crippen LogP contribution in [0.25, 0.3) is 10.8 Å². The van der Waals surface area contributed by atoms with Gasteiger partial charge in [-0.1, -0.05) is 37.3 Å². The number of fused-ring (bicyclic) bond motifs is 4. The van der Waals surface area contributed by atoms with Gasteiger partial charge < -0.3 is 10.1 Å². The van der Waals surface area contributed by atoms with E-state index in [1.54, 1.807) is 5.57 Å². The van der Waals surface area contributed by atoms with E-state index in [0.29, 0.717) is 24.0 Å². The highest BCUT2D eigenvalue weighted by Gasteiger charge is 2.55. The number of hydrogen-bond acceptors (Lipinski definition) is 3. The van der Waals surface area contributed by atoms with Crippen LogP contribution >= 0.6 is 0 Å². The normalized spacial score (nSPS) is 41.5. The molecule has 3 fully saturated rings. The molecule has 32 heavy (non-hydrogen) atoms. The lowest BCUT2D eigenvalue weighted by molar-refractivity contribution is -0.0769. The van der Waals surface area contributed by atoms with Crippen molar-refractivity contribution in [2.75, 3.05) is 7.05 Å². The summed E-state index contributed by atoms with van der Waals surface area (Å²) in [6, 6.07) is 9.75. The third kappa shape index (κ3) is 3.20. The maximum atomic E-state index is 7.14. The standard InChI is InChI=1S/C29H36N2O/c1-28-14-4-3-5-23-8-9-24(30-2)18-29(23)15-12-27(32-29)26(28)11-10-25(28)21-7-6-20-13-16-31-19-22(20)17-21/h3-7,13,16-17,19,24-27,30H,8-12,14-15,18H2,1-2H3/b4-3+,23-5-/t24?,25?,26-,27-,28?,29+/m0/s1. The van der Waals surface area contributed by atoms with Gasteiger partial charge in [0.05, 0.1) is 11.7 Å². The maximum absolute atomic E-state index is 7.14. The summed E-state index contributed by atoms with van der Waals surface area (Å²) in [5.41, 5.74) is 3.22. The van der Waals surface area contributed by atoms with Gasteiger partial charge in [0.1, 0.15) is 0 Å². The number of ether oxygens (including phenoxy) is 1. The van der Waals surface area contributed by atoms with Crippen LogP contribution in [-0.2, 0) is 4.74 Å². The van der Waals surface area contributed by atoms with Crippen molar-refractivity contribution in [2.45, 2.75) is 82.0 Å². The van der Waals surface area contributed by atoms with E-state index < -0.39 is 0 Å². The van der Waals surface area contributed by atoms with Crippen molar-refractivity contribution < 1.29 is 4.74 Å². The molecule has 3 unspecified atom stereocenters. The number of nitrogens with zero attached hydrogens (tertiary/aromatic N) is 1. The van der Waals surface area contributed by atoms with Gasteiger partial charge >= 0.3 is 0 Å². The van der Waals surface area contributed by atoms with Crippen molar-refractivity contribution >= 4 is 10.8 Å². The van der Waals surface area contributed by atoms with Crippen LogP contribution in [0.15, 0.2) is 60.5 Å². The molecule has 3 heteroatoms. The first-order chi connectivity index (χ1) is 15.6. The molecule has 1 aromatic heterocycles. The van der Waals surface area contributed by atoms with Gasteiger partial charge in [0.15, 0.2) is 0 Å². The SMILES string of the molecule is CNC1CC/C2=C/C=C/CC3(C)C(c4ccc5ccncc5c4)CC[C@H]3[C@@H]3CC[C@]2(C1)O3. The summed E-state index contributed by atoms with van der Waals surface area (Å²) >= 11 is 0. The molecule has 0 amide bonds. The van der Waals surface area contributed by atoms with Crippen LogP contribution in [0, 0.1) is 11.3 Å². The summed E-state index contributed by atoms with van der Waals surface area (Å²) in [6.45, 7) is 2.55. The summed E-state index contributed by atoms with van der Waals surface area (Å²) in [5.74, 6) is 1.19. The van der Waals surface area contributed by atoms with Gasteiger partial charge in [0.25, 0.3) is 0 Å². The molecule has 6 atom stereocenters. The lowest BCUT2D eigenvalue weighted by Gasteiger charge is -2.44. The molecule has 1 spiro atoms. The number of hydrogen-bond donors (Lipinski definition) is 1. The molecule has 2 bridgehead atoms. The van der Waals surface area contributed by atoms with Gasteiger partial charge in [-0.3, -0.25) is 4.98 Å². The molecular formula is C29H36N2O. The third-order valence-electron chi connectivity index (χ3n) is 9.46. The van der Waals surface area contributed by atoms with Gasteiger partial charge in [0.2, 0.25) is 0 Å². The van der Waals surface area contributed by atoms with Crippen molar-refractivity contribution in [2.24, 2.45) is 11.3 Å². The van der Waals surface area contributed by atoms with Crippen LogP contribution in [0.2, 0.25) is 0 Å². The number of pyridine rings is 1. The third-order valence-corrected chi connectivity index (χ3v) is 9.46. The Kier molecular flexibility index (Phi) is 5.04. The molecule has 4 aliphatic rings. The van der Waals surface area contributed by atoms with Crippen molar-refractivity contribution in [3.05, 3.63) is 66.0 Å². The van der Waals surface area contributed by atoms with Crippen molar-refractivity contribution in [3.8, 4) is 0 Å². The second-order valence-corrected chi connectivity index (χ2v) is 11.0. The summed E-state index contributed by atoms with van der Waals surface area (Å²) in [6.07, 6.45) is 21.1. The Morgan fingerprint density at radius 2 is 2.03 bits per heavy atom. The molecular weight excluding hydrogens is 392 g/mol. The Labute approximate surface area is 192 Å². The first-order valence-electron chi connectivity index (χ1n) is 12.7. The minimum atomic E-state index is -0.0358. The van der Waals surface area contributed by atoms with Crippen LogP contribution < -0.4 is 5.32 Å². The minimum absolute atomic E-state index is 0.0358. The highest BCUT2D eigenvalue weighted by Crippen LogP contribution is 2.60. The number of aromatic nitrogens is 1. The van der Waals surface area contributed by atoms with Crippen molar-refractivity contribution in [1.82, 2.24) is 10.3 Å². The molecule has 168 valence electrons. The molecule has 1 saturated heterocycles. The molecule has 2 aromatic rings. The molecule has 0 radical (unpaired) electrons. The molecule has 2 aliphatic heterocycles. The molecule has 1 aromatic carbocycles. The first-order valence-corrected chi connectivity index (χ1v) is 12.7. The predicted molar refractivity (Wildman–Crippen MR) is 131 cm³/mol. The molecule has 3 nitrogen and oxygen atoms in total. The Hall–Kier alpha value is -1.97. The molecule has 2 saturated carbocycles. The first kappa shape index (κ1) is 20.6. The average Bonchev–Trinajstić information content (AvgIpc) is 3.38. The number of allylic oxidation sites excluding steroid dienone is 3. The van der Waals surface area contributed by atoms with Crippen molar-refractivity contribution in [1.29, 1.82) is 0 Å². The van der Waals surface area contributed by atoms with Gasteiger partial charge in [-0.05, 0) is 104 Å². The van der Waals surface area contributed by atoms with Gasteiger partial charge in [-0.15, -0.1) is 0 Å². The fourth-order valence-electron chi connectivity index (χ4n) is 7.67. The zero-order valence-corrected chi connectivity index (χ0v) is 19.5. The summed E-state index contributed by atoms with van der Waals surface area (Å²) < 4.78 is 7.14. The van der Waals surface area contributed by atoms with E-state index >= 15 is 0 Å². The van der Waals surface area contributed by atoms with E-state index in [-0.39, 0.29) is 11.0 Å². The smallest absolute Gasteiger partial charge is 0.0914 e. The van der Waals surface area contributed by atoms with Gasteiger partial charge in [0, 0.05) is 23.8 Å². The molecule has 1 N–H and O–H groups in total. The van der Waals surface area contributed by atoms with Crippen LogP contribution in [0.4, 0.5) is 0 Å². The second kappa shape index (κ2) is 7.81. The number of benzene rings is 1. The fourth-order valence-corrected chi connectivity index (χ4v) is 7.67. The van der Waals surface area contributed by atoms with E-state index in [1.165, 1.54) is 48.4 Å². The van der Waals surface area contributed by atoms with Crippen molar-refractivity contribution in [3.63, 3.8) is 0 Å². The van der Waals surface area contributed by atoms with Crippen LogP contribution in [0.3, 0.4) is 0 Å². The van der Waals surface area contributed by atoms with Crippen LogP contribution in [0.5, 0.6) is 0 Å². The lowest BCUT2D eigenvalue weighted by atomic mass is 9.67. The van der Waals surface area contributed by atoms with Crippen LogP contribution in [-0.4, -0.2) is 29.8 Å². The van der Waals surface area contributed by atoms with Crippen LogP contribution in [0.1, 0.15) is 69.8 Å². The van der Waals surface area contributed by atoms with E-state index in [1.807, 2.05) is 12.4 Å². The largest absolute Gasteiger partial charge is 0.367 e. The van der Waals surface area contributed by atoms with E-state index in [4.69, 9.17) is 4.74 Å². The van der Waals surface area contributed by atoms with E-state index in [2.05, 4.69) is 66.8 Å². The summed E-state index contributed by atoms with van der Waals surface area (Å²) in [4.78, 5) is 4.37. The Balaban J connectivity index is 1.36. The number of nitrogens with one attached hydrogen (secondary N) is 1. The Morgan fingerprint density at radius 1 is 1.09 bits per heavy atom. The summed E-state index contributed by atoms with van der Waals surface area (Å²) in [5, 5.41) is 6.09. The zero-order chi connectivity index (χ0) is 21.8. The van der Waals surface area contributed by atoms with E-state index in [0.717, 1.165) is 19.3 Å². The highest BCUT2D eigenvalue weighted by atomic mass is 16.5. The Bertz CT molecular complexity index is 1070. The predicted octanol–water partition coefficient (Wildman–Crippen LogP) is 6.31. The number of rotatable bonds is 2.